The molecule has 26 N–H and O–H groups in total. The summed E-state index contributed by atoms with van der Waals surface area (Å²) in [6.07, 6.45) is -4.36. The number of hydrogen-bond donors (Lipinski definition) is 21. The number of amides is 13. The van der Waals surface area contributed by atoms with Crippen molar-refractivity contribution < 1.29 is 82.4 Å². The molecule has 0 bridgehead atoms. The normalized spacial score (nSPS) is 22.4. The first-order chi connectivity index (χ1) is 47.8. The molecule has 1 fully saturated rings. The topological polar surface area (TPSA) is 628 Å². The van der Waals surface area contributed by atoms with E-state index in [9.17, 15) is 77.6 Å². The SMILES string of the molecule is CC(=O)NCSC[C@@H]1NC(=O)[C@H]([C@@H](C)O)NC(=O)[C@@H](NC(C)=O)CCCCNC(=O)C[C@@H](C(=O)N[C@@H](Cc2cnc[nH]2)C(=O)O)NC(=O)[C@H](CCCN=C(N)N)NC(=O)[C@H](Cc2cccc3ccccc23)NC(=O)[C@H]([C@@H](C)O)NC(=O)[C@H](CCC(N)=O)NC(=O)[C@H](CCCN=C(N)N)NC1=O. The molecule has 4 rings (SSSR count). The summed E-state index contributed by atoms with van der Waals surface area (Å²) >= 11 is 0.920. The Labute approximate surface area is 584 Å². The molecule has 38 nitrogen and oxygen atoms in total. The molecule has 0 unspecified atom stereocenters. The number of carbonyl (C=O) groups excluding carboxylic acids is 13. The number of aliphatic hydroxyl groups excluding tert-OH is 2. The third-order valence-corrected chi connectivity index (χ3v) is 16.3. The number of thioether (sulfide) groups is 1. The van der Waals surface area contributed by atoms with Crippen molar-refractivity contribution in [2.75, 3.05) is 31.3 Å². The number of aromatic amines is 1. The Morgan fingerprint density at radius 3 is 1.73 bits per heavy atom. The number of primary amides is 1. The molecule has 1 aliphatic heterocycles. The van der Waals surface area contributed by atoms with Gasteiger partial charge in [0.15, 0.2) is 11.9 Å². The lowest BCUT2D eigenvalue weighted by Gasteiger charge is -2.29. The fourth-order valence-electron chi connectivity index (χ4n) is 10.2. The Hall–Kier alpha value is -10.7. The molecule has 2 heterocycles. The number of nitrogens with zero attached hydrogens (tertiary/aromatic N) is 3. The number of carbonyl (C=O) groups is 14. The lowest BCUT2D eigenvalue weighted by atomic mass is 9.97. The van der Waals surface area contributed by atoms with Crippen LogP contribution < -0.4 is 92.5 Å². The molecule has 0 saturated carbocycles. The highest BCUT2D eigenvalue weighted by atomic mass is 32.2. The van der Waals surface area contributed by atoms with Gasteiger partial charge in [0.1, 0.15) is 60.4 Å². The predicted octanol–water partition coefficient (Wildman–Crippen LogP) is -7.05. The molecular weight excluding hydrogens is 1340 g/mol. The number of aliphatic carboxylic acids is 1. The zero-order chi connectivity index (χ0) is 74.9. The van der Waals surface area contributed by atoms with Gasteiger partial charge in [0.25, 0.3) is 0 Å². The average Bonchev–Trinajstić information content (AvgIpc) is 1.17. The Kier molecular flexibility index (Phi) is 34.6. The highest BCUT2D eigenvalue weighted by Crippen LogP contribution is 2.21. The van der Waals surface area contributed by atoms with Gasteiger partial charge in [-0.25, -0.2) is 9.78 Å². The maximum atomic E-state index is 15.1. The van der Waals surface area contributed by atoms with Crippen LogP contribution in [0.4, 0.5) is 0 Å². The van der Waals surface area contributed by atoms with Gasteiger partial charge in [-0.2, -0.15) is 0 Å². The van der Waals surface area contributed by atoms with Gasteiger partial charge in [0, 0.05) is 70.4 Å². The lowest BCUT2D eigenvalue weighted by molar-refractivity contribution is -0.142. The van der Waals surface area contributed by atoms with Crippen LogP contribution in [0.25, 0.3) is 10.8 Å². The molecule has 0 aliphatic carbocycles. The number of nitrogens with two attached hydrogens (primary N) is 5. The van der Waals surface area contributed by atoms with E-state index in [2.05, 4.69) is 83.8 Å². The van der Waals surface area contributed by atoms with Crippen LogP contribution in [0.15, 0.2) is 65.0 Å². The fraction of sp³-hybridized carbons (Fsp3) is 0.532. The number of imidazole rings is 1. The van der Waals surface area contributed by atoms with E-state index in [1.165, 1.54) is 19.4 Å². The number of benzene rings is 2. The number of nitrogens with one attached hydrogen (secondary N) is 13. The quantitative estimate of drug-likeness (QED) is 0.0162. The van der Waals surface area contributed by atoms with Crippen molar-refractivity contribution in [3.05, 3.63) is 66.2 Å². The van der Waals surface area contributed by atoms with Crippen molar-refractivity contribution >= 4 is 117 Å². The maximum absolute atomic E-state index is 15.1. The minimum Gasteiger partial charge on any atom is -0.480 e. The number of fused-ring (bicyclic) bond motifs is 1. The zero-order valence-electron chi connectivity index (χ0n) is 56.3. The second-order valence-electron chi connectivity index (χ2n) is 23.8. The van der Waals surface area contributed by atoms with Crippen LogP contribution in [0.2, 0.25) is 0 Å². The van der Waals surface area contributed by atoms with E-state index < -0.39 is 175 Å². The van der Waals surface area contributed by atoms with E-state index >= 15 is 4.79 Å². The molecule has 3 aromatic rings. The number of H-pyrrole nitrogens is 1. The smallest absolute Gasteiger partial charge is 0.326 e. The van der Waals surface area contributed by atoms with Crippen LogP contribution in [0, 0.1) is 0 Å². The predicted molar refractivity (Wildman–Crippen MR) is 367 cm³/mol. The first-order valence-corrected chi connectivity index (χ1v) is 33.5. The highest BCUT2D eigenvalue weighted by Gasteiger charge is 2.38. The van der Waals surface area contributed by atoms with Crippen LogP contribution >= 0.6 is 11.8 Å². The van der Waals surface area contributed by atoms with E-state index in [1.54, 1.807) is 42.5 Å². The van der Waals surface area contributed by atoms with E-state index in [0.29, 0.717) is 16.3 Å². The summed E-state index contributed by atoms with van der Waals surface area (Å²) in [6.45, 7) is 4.14. The van der Waals surface area contributed by atoms with Crippen molar-refractivity contribution in [1.29, 1.82) is 0 Å². The van der Waals surface area contributed by atoms with Crippen LogP contribution in [0.5, 0.6) is 0 Å². The molecule has 1 aliphatic rings. The number of aliphatic imine (C=N–C) groups is 2. The van der Waals surface area contributed by atoms with Crippen LogP contribution in [-0.2, 0) is 80.0 Å². The molecule has 0 spiro atoms. The van der Waals surface area contributed by atoms with Crippen molar-refractivity contribution in [2.24, 2.45) is 38.7 Å². The number of carboxylic acid groups (broad SMARTS) is 1. The van der Waals surface area contributed by atoms with Gasteiger partial charge >= 0.3 is 5.97 Å². The fourth-order valence-corrected chi connectivity index (χ4v) is 11.1. The number of guanidine groups is 2. The second kappa shape index (κ2) is 42.3. The number of rotatable bonds is 25. The summed E-state index contributed by atoms with van der Waals surface area (Å²) in [5, 5.41) is 63.5. The van der Waals surface area contributed by atoms with Crippen LogP contribution in [0.1, 0.15) is 103 Å². The van der Waals surface area contributed by atoms with Gasteiger partial charge in [0.2, 0.25) is 76.8 Å². The summed E-state index contributed by atoms with van der Waals surface area (Å²) in [4.78, 5) is 208. The van der Waals surface area contributed by atoms with Gasteiger partial charge in [-0.15, -0.1) is 11.8 Å². The van der Waals surface area contributed by atoms with E-state index in [4.69, 9.17) is 28.7 Å². The molecule has 13 amide bonds. The molecule has 39 heteroatoms. The number of aliphatic hydroxyl groups is 2. The number of aromatic nitrogens is 2. The van der Waals surface area contributed by atoms with E-state index in [-0.39, 0.29) is 107 Å². The largest absolute Gasteiger partial charge is 0.480 e. The van der Waals surface area contributed by atoms with Gasteiger partial charge in [-0.05, 0) is 81.5 Å². The number of carboxylic acids is 1. The van der Waals surface area contributed by atoms with Crippen LogP contribution in [-0.4, -0.2) is 224 Å². The molecular formula is C62H93N21O17S. The monoisotopic (exact) mass is 1440 g/mol. The highest BCUT2D eigenvalue weighted by molar-refractivity contribution is 7.99. The van der Waals surface area contributed by atoms with Gasteiger partial charge in [-0.3, -0.25) is 72.3 Å². The average molecular weight is 1440 g/mol. The summed E-state index contributed by atoms with van der Waals surface area (Å²) in [5.41, 5.74) is 28.5. The molecule has 1 aromatic heterocycles. The minimum absolute atomic E-state index is 0.0371. The van der Waals surface area contributed by atoms with Gasteiger partial charge in [-0.1, -0.05) is 42.5 Å². The molecule has 1 saturated heterocycles. The van der Waals surface area contributed by atoms with E-state index in [1.807, 2.05) is 0 Å². The first-order valence-electron chi connectivity index (χ1n) is 32.3. The Morgan fingerprint density at radius 1 is 0.644 bits per heavy atom. The van der Waals surface area contributed by atoms with E-state index in [0.717, 1.165) is 32.5 Å². The Balaban J connectivity index is 1.92. The lowest BCUT2D eigenvalue weighted by Crippen LogP contribution is -2.62. The minimum atomic E-state index is -2.00. The molecule has 554 valence electrons. The third kappa shape index (κ3) is 29.7. The maximum Gasteiger partial charge on any atom is 0.326 e. The van der Waals surface area contributed by atoms with Crippen molar-refractivity contribution in [2.45, 2.75) is 177 Å². The summed E-state index contributed by atoms with van der Waals surface area (Å²) < 4.78 is 0. The zero-order valence-corrected chi connectivity index (χ0v) is 57.2. The second-order valence-corrected chi connectivity index (χ2v) is 24.8. The molecule has 101 heavy (non-hydrogen) atoms. The van der Waals surface area contributed by atoms with Crippen molar-refractivity contribution in [3.8, 4) is 0 Å². The number of hydrogen-bond acceptors (Lipinski definition) is 20. The standard InChI is InChI=1S/C62H93N21O17S/c1-31(84)49-58(97)79-43(24-36-14-9-13-35-12-5-6-15-38(35)36)55(94)75-41(18-11-23-71-62(66)67)52(91)78-44(56(95)80-45(60(99)100)25-37-27-68-29-72-37)26-48(89)69-21-8-7-16-39(74-34(4)87)53(92)82-50(32(2)85)59(98)81-46(28-101-30-73-33(3)86)57(96)76-40(17-10-22-70-61(64)65)51(90)77-42(54(93)83-49)19-20-47(63)88/h5-6,9,12-15,27,29,31-32,39-46,49-50,84-85H,7-8,10-11,16-26,28,30H2,1-4H3,(H2,63,88)(H,68,72)(H,69,89)(H,73,86)(H,74,87)(H,75,94)(H,76,96)(H,77,90)(H,78,91)(H,79,97)(H,80,95)(H,81,98)(H,82,92)(H,83,93)(H,99,100)(H4,64,65,70)(H4,66,67,71)/t31-,32-,39+,40+,41+,42+,43+,44+,45+,46+,49+,50+/m1/s1. The van der Waals surface area contributed by atoms with Gasteiger partial charge < -0.3 is 113 Å². The van der Waals surface area contributed by atoms with Gasteiger partial charge in [0.05, 0.1) is 30.8 Å². The Morgan fingerprint density at radius 2 is 1.18 bits per heavy atom. The van der Waals surface area contributed by atoms with Crippen LogP contribution in [0.3, 0.4) is 0 Å². The summed E-state index contributed by atoms with van der Waals surface area (Å²) in [5.74, 6) is -15.8. The summed E-state index contributed by atoms with van der Waals surface area (Å²) in [6, 6.07) is -5.26. The molecule has 12 atom stereocenters. The van der Waals surface area contributed by atoms with Crippen molar-refractivity contribution in [3.63, 3.8) is 0 Å². The first kappa shape index (κ1) is 82.7. The third-order valence-electron chi connectivity index (χ3n) is 15.4. The molecule has 0 radical (unpaired) electrons. The molecule has 2 aromatic carbocycles. The summed E-state index contributed by atoms with van der Waals surface area (Å²) in [7, 11) is 0. The van der Waals surface area contributed by atoms with Crippen molar-refractivity contribution in [1.82, 2.24) is 73.8 Å². The Bertz CT molecular complexity index is 3440.